The fourth-order valence-electron chi connectivity index (χ4n) is 4.13. The first-order valence-electron chi connectivity index (χ1n) is 9.27. The molecule has 1 unspecified atom stereocenters. The van der Waals surface area contributed by atoms with E-state index in [0.717, 1.165) is 24.1 Å². The van der Waals surface area contributed by atoms with Crippen molar-refractivity contribution in [1.29, 1.82) is 0 Å². The number of rotatable bonds is 3. The quantitative estimate of drug-likeness (QED) is 0.875. The van der Waals surface area contributed by atoms with E-state index < -0.39 is 6.09 Å². The number of fused-ring (bicyclic) bond motifs is 4. The molecule has 1 saturated heterocycles. The summed E-state index contributed by atoms with van der Waals surface area (Å²) in [5.41, 5.74) is 2.20. The van der Waals surface area contributed by atoms with Gasteiger partial charge in [-0.2, -0.15) is 0 Å². The summed E-state index contributed by atoms with van der Waals surface area (Å²) < 4.78 is 0. The Morgan fingerprint density at radius 2 is 1.89 bits per heavy atom. The van der Waals surface area contributed by atoms with Crippen LogP contribution in [0, 0.1) is 0 Å². The van der Waals surface area contributed by atoms with Gasteiger partial charge in [0, 0.05) is 12.6 Å². The summed E-state index contributed by atoms with van der Waals surface area (Å²) in [6.45, 7) is 0.633. The molecule has 2 N–H and O–H groups in total. The Kier molecular flexibility index (Phi) is 3.56. The van der Waals surface area contributed by atoms with Crippen LogP contribution < -0.4 is 15.1 Å². The predicted molar refractivity (Wildman–Crippen MR) is 100 cm³/mol. The van der Waals surface area contributed by atoms with Crippen molar-refractivity contribution in [3.05, 3.63) is 53.7 Å². The molecule has 2 aliphatic heterocycles. The van der Waals surface area contributed by atoms with Gasteiger partial charge in [-0.25, -0.2) is 9.78 Å². The zero-order valence-corrected chi connectivity index (χ0v) is 14.7. The molecule has 138 valence electrons. The van der Waals surface area contributed by atoms with Gasteiger partial charge in [-0.3, -0.25) is 9.69 Å². The summed E-state index contributed by atoms with van der Waals surface area (Å²) in [5.74, 6) is 0.124. The van der Waals surface area contributed by atoms with Crippen LogP contribution in [0.5, 0.6) is 0 Å². The predicted octanol–water partition coefficient (Wildman–Crippen LogP) is 2.79. The highest BCUT2D eigenvalue weighted by molar-refractivity contribution is 5.97. The number of aromatic nitrogens is 1. The third-order valence-corrected chi connectivity index (χ3v) is 5.57. The van der Waals surface area contributed by atoms with Gasteiger partial charge in [-0.1, -0.05) is 30.3 Å². The van der Waals surface area contributed by atoms with Gasteiger partial charge in [0.05, 0.1) is 17.8 Å². The maximum Gasteiger partial charge on any atom is 0.413 e. The van der Waals surface area contributed by atoms with Crippen molar-refractivity contribution in [2.75, 3.05) is 16.3 Å². The molecule has 5 rings (SSSR count). The van der Waals surface area contributed by atoms with Crippen molar-refractivity contribution in [2.45, 2.75) is 37.4 Å². The van der Waals surface area contributed by atoms with Crippen molar-refractivity contribution in [3.63, 3.8) is 0 Å². The van der Waals surface area contributed by atoms with Crippen LogP contribution in [0.15, 0.2) is 42.5 Å². The average Bonchev–Trinajstić information content (AvgIpc) is 3.41. The number of anilines is 2. The van der Waals surface area contributed by atoms with Crippen LogP contribution >= 0.6 is 0 Å². The molecule has 1 saturated carbocycles. The second kappa shape index (κ2) is 5.97. The molecule has 1 aromatic heterocycles. The number of pyridine rings is 1. The normalized spacial score (nSPS) is 23.1. The van der Waals surface area contributed by atoms with Crippen LogP contribution in [-0.4, -0.2) is 40.7 Å². The molecule has 2 atom stereocenters. The Morgan fingerprint density at radius 1 is 1.11 bits per heavy atom. The number of amides is 2. The number of hydrogen-bond acceptors (Lipinski definition) is 4. The number of nitrogens with one attached hydrogen (secondary N) is 1. The molecule has 7 nitrogen and oxygen atoms in total. The van der Waals surface area contributed by atoms with E-state index in [1.165, 1.54) is 4.90 Å². The topological polar surface area (TPSA) is 85.8 Å². The Labute approximate surface area is 156 Å². The highest BCUT2D eigenvalue weighted by Gasteiger charge is 2.45. The maximum absolute atomic E-state index is 12.4. The number of carboxylic acid groups (broad SMARTS) is 1. The van der Waals surface area contributed by atoms with E-state index in [9.17, 15) is 14.7 Å². The minimum absolute atomic E-state index is 0.104. The first-order chi connectivity index (χ1) is 13.1. The zero-order valence-electron chi connectivity index (χ0n) is 14.7. The highest BCUT2D eigenvalue weighted by Crippen LogP contribution is 2.47. The fourth-order valence-corrected chi connectivity index (χ4v) is 4.13. The summed E-state index contributed by atoms with van der Waals surface area (Å²) in [7, 11) is 0. The van der Waals surface area contributed by atoms with Crippen molar-refractivity contribution in [3.8, 4) is 0 Å². The second-order valence-electron chi connectivity index (χ2n) is 7.41. The largest absolute Gasteiger partial charge is 0.465 e. The molecular formula is C20H20N4O3. The van der Waals surface area contributed by atoms with E-state index in [4.69, 9.17) is 0 Å². The molecule has 0 spiro atoms. The molecule has 3 aliphatic rings. The van der Waals surface area contributed by atoms with Crippen LogP contribution in [0.3, 0.4) is 0 Å². The minimum Gasteiger partial charge on any atom is -0.465 e. The number of benzene rings is 1. The van der Waals surface area contributed by atoms with Crippen LogP contribution in [0.2, 0.25) is 0 Å². The summed E-state index contributed by atoms with van der Waals surface area (Å²) in [6.07, 6.45) is 1.66. The van der Waals surface area contributed by atoms with Crippen molar-refractivity contribution in [1.82, 2.24) is 10.3 Å². The highest BCUT2D eigenvalue weighted by atomic mass is 16.4. The van der Waals surface area contributed by atoms with Gasteiger partial charge < -0.3 is 15.3 Å². The summed E-state index contributed by atoms with van der Waals surface area (Å²) >= 11 is 0. The number of hydrogen-bond donors (Lipinski definition) is 2. The lowest BCUT2D eigenvalue weighted by Gasteiger charge is -2.35. The van der Waals surface area contributed by atoms with E-state index >= 15 is 0 Å². The molecule has 2 fully saturated rings. The molecule has 27 heavy (non-hydrogen) atoms. The van der Waals surface area contributed by atoms with Gasteiger partial charge in [-0.15, -0.1) is 0 Å². The second-order valence-corrected chi connectivity index (χ2v) is 7.41. The Bertz CT molecular complexity index is 913. The SMILES string of the molecule is O=C(NC1CC1)c1ccc2c(n1)N(C(=O)O)[C@H]1CC(c3ccccc3)N2C1. The van der Waals surface area contributed by atoms with Crippen molar-refractivity contribution >= 4 is 23.5 Å². The van der Waals surface area contributed by atoms with E-state index in [2.05, 4.69) is 27.3 Å². The van der Waals surface area contributed by atoms with E-state index in [0.29, 0.717) is 18.8 Å². The Morgan fingerprint density at radius 3 is 2.59 bits per heavy atom. The van der Waals surface area contributed by atoms with Crippen LogP contribution in [-0.2, 0) is 0 Å². The minimum atomic E-state index is -1.03. The van der Waals surface area contributed by atoms with Crippen LogP contribution in [0.1, 0.15) is 41.4 Å². The Hall–Kier alpha value is -3.09. The first kappa shape index (κ1) is 16.1. The van der Waals surface area contributed by atoms with Gasteiger partial charge in [0.1, 0.15) is 5.69 Å². The lowest BCUT2D eigenvalue weighted by atomic mass is 10.0. The van der Waals surface area contributed by atoms with Gasteiger partial charge in [0.15, 0.2) is 5.82 Å². The first-order valence-corrected chi connectivity index (χ1v) is 9.27. The van der Waals surface area contributed by atoms with E-state index in [1.54, 1.807) is 6.07 Å². The number of carbonyl (C=O) groups excluding carboxylic acids is 1. The zero-order chi connectivity index (χ0) is 18.5. The van der Waals surface area contributed by atoms with Gasteiger partial charge >= 0.3 is 6.09 Å². The fraction of sp³-hybridized carbons (Fsp3) is 0.350. The Balaban J connectivity index is 1.55. The smallest absolute Gasteiger partial charge is 0.413 e. The molecule has 7 heteroatoms. The van der Waals surface area contributed by atoms with E-state index in [1.807, 2.05) is 24.3 Å². The molecular weight excluding hydrogens is 344 g/mol. The summed E-state index contributed by atoms with van der Waals surface area (Å²) in [4.78, 5) is 32.4. The molecule has 0 radical (unpaired) electrons. The third-order valence-electron chi connectivity index (χ3n) is 5.57. The molecule has 2 amide bonds. The summed E-state index contributed by atoms with van der Waals surface area (Å²) in [5, 5.41) is 12.7. The van der Waals surface area contributed by atoms with Crippen LogP contribution in [0.4, 0.5) is 16.3 Å². The van der Waals surface area contributed by atoms with Crippen LogP contribution in [0.25, 0.3) is 0 Å². The average molecular weight is 364 g/mol. The van der Waals surface area contributed by atoms with Crippen molar-refractivity contribution in [2.24, 2.45) is 0 Å². The molecule has 2 bridgehead atoms. The molecule has 2 aromatic rings. The van der Waals surface area contributed by atoms with Crippen molar-refractivity contribution < 1.29 is 14.7 Å². The lowest BCUT2D eigenvalue weighted by Crippen LogP contribution is -2.46. The lowest BCUT2D eigenvalue weighted by molar-refractivity contribution is 0.0946. The molecule has 3 heterocycles. The summed E-state index contributed by atoms with van der Waals surface area (Å²) in [6, 6.07) is 13.8. The maximum atomic E-state index is 12.4. The number of carbonyl (C=O) groups is 2. The monoisotopic (exact) mass is 364 g/mol. The van der Waals surface area contributed by atoms with Gasteiger partial charge in [0.25, 0.3) is 5.91 Å². The van der Waals surface area contributed by atoms with E-state index in [-0.39, 0.29) is 29.7 Å². The standard InChI is InChI=1S/C20H20N4O3/c25-19(21-13-6-7-13)15-8-9-16-18(22-15)24(20(26)27)14-10-17(23(16)11-14)12-4-2-1-3-5-12/h1-5,8-9,13-14,17H,6-7,10-11H2,(H,21,25)(H,26,27)/t14-,17?/m0/s1. The van der Waals surface area contributed by atoms with Gasteiger partial charge in [-0.05, 0) is 37.0 Å². The molecule has 1 aromatic carbocycles. The molecule has 1 aliphatic carbocycles. The number of nitrogens with zero attached hydrogens (tertiary/aromatic N) is 3. The third kappa shape index (κ3) is 2.70. The van der Waals surface area contributed by atoms with Gasteiger partial charge in [0.2, 0.25) is 0 Å².